The zero-order valence-electron chi connectivity index (χ0n) is 40.4. The van der Waals surface area contributed by atoms with Gasteiger partial charge in [0.25, 0.3) is 0 Å². The molecule has 0 radical (unpaired) electrons. The van der Waals surface area contributed by atoms with Gasteiger partial charge >= 0.3 is 11.9 Å². The van der Waals surface area contributed by atoms with Crippen molar-refractivity contribution in [3.63, 3.8) is 0 Å². The van der Waals surface area contributed by atoms with E-state index in [-0.39, 0.29) is 95.6 Å². The van der Waals surface area contributed by atoms with Crippen LogP contribution >= 0.6 is 23.2 Å². The highest BCUT2D eigenvalue weighted by Crippen LogP contribution is 2.36. The Morgan fingerprint density at radius 2 is 0.986 bits per heavy atom. The van der Waals surface area contributed by atoms with Crippen molar-refractivity contribution >= 4 is 46.5 Å². The van der Waals surface area contributed by atoms with Crippen molar-refractivity contribution in [2.75, 3.05) is 13.2 Å². The number of carboxylic acids is 2. The fourth-order valence-corrected chi connectivity index (χ4v) is 7.76. The molecule has 74 heavy (non-hydrogen) atoms. The smallest absolute Gasteiger partial charge is 0.326 e. The van der Waals surface area contributed by atoms with E-state index in [2.05, 4.69) is 30.3 Å². The van der Waals surface area contributed by atoms with Crippen LogP contribution in [0.15, 0.2) is 84.9 Å². The van der Waals surface area contributed by atoms with Crippen molar-refractivity contribution in [3.8, 4) is 46.8 Å². The average molecular weight is 1040 g/mol. The molecule has 20 heteroatoms. The van der Waals surface area contributed by atoms with Crippen molar-refractivity contribution < 1.29 is 49.0 Å². The number of halogens is 2. The van der Waals surface area contributed by atoms with Gasteiger partial charge in [-0.3, -0.25) is 20.2 Å². The van der Waals surface area contributed by atoms with Crippen molar-refractivity contribution in [3.05, 3.63) is 173 Å². The Bertz CT molecular complexity index is 3010. The summed E-state index contributed by atoms with van der Waals surface area (Å²) in [4.78, 5) is 39.9. The number of aliphatic carboxylic acids is 2. The zero-order valence-corrected chi connectivity index (χ0v) is 41.9. The quantitative estimate of drug-likeness (QED) is 0.0327. The molecule has 18 nitrogen and oxygen atoms in total. The van der Waals surface area contributed by atoms with E-state index in [9.17, 15) is 40.5 Å². The van der Waals surface area contributed by atoms with Gasteiger partial charge in [0, 0.05) is 35.3 Å². The third-order valence-electron chi connectivity index (χ3n) is 12.0. The first-order valence-corrected chi connectivity index (χ1v) is 23.2. The largest absolute Gasteiger partial charge is 0.480 e. The fraction of sp³-hybridized carbons (Fsp3) is 0.259. The molecule has 378 valence electrons. The van der Waals surface area contributed by atoms with Gasteiger partial charge in [-0.05, 0) is 121 Å². The Morgan fingerprint density at radius 1 is 0.608 bits per heavy atom. The van der Waals surface area contributed by atoms with Crippen molar-refractivity contribution in [1.29, 1.82) is 10.5 Å². The summed E-state index contributed by atoms with van der Waals surface area (Å²) in [6.45, 7) is 19.5. The minimum Gasteiger partial charge on any atom is -0.480 e. The molecule has 0 aliphatic rings. The normalized spacial score (nSPS) is 12.4. The van der Waals surface area contributed by atoms with Gasteiger partial charge in [0.15, 0.2) is 11.4 Å². The maximum absolute atomic E-state index is 11.9. The first kappa shape index (κ1) is 55.0. The number of hydrogen-bond acceptors (Lipinski definition) is 14. The molecule has 0 aliphatic heterocycles. The minimum atomic E-state index is -1.70. The van der Waals surface area contributed by atoms with Gasteiger partial charge < -0.3 is 39.4 Å². The highest BCUT2D eigenvalue weighted by molar-refractivity contribution is 6.32. The summed E-state index contributed by atoms with van der Waals surface area (Å²) in [6.07, 6.45) is 0. The van der Waals surface area contributed by atoms with Crippen molar-refractivity contribution in [1.82, 2.24) is 20.6 Å². The zero-order chi connectivity index (χ0) is 53.7. The highest BCUT2D eigenvalue weighted by atomic mass is 35.5. The summed E-state index contributed by atoms with van der Waals surface area (Å²) in [5.74, 6) is -2.48. The summed E-state index contributed by atoms with van der Waals surface area (Å²) in [5.41, 5.74) is 4.45. The van der Waals surface area contributed by atoms with Crippen LogP contribution < -0.4 is 29.6 Å². The molecule has 4 aromatic carbocycles. The summed E-state index contributed by atoms with van der Waals surface area (Å²) < 4.78 is 24.7. The lowest BCUT2D eigenvalue weighted by Gasteiger charge is -2.24. The lowest BCUT2D eigenvalue weighted by molar-refractivity contribution is -0.146. The van der Waals surface area contributed by atoms with Gasteiger partial charge in [0.05, 0.1) is 38.5 Å². The average Bonchev–Trinajstić information content (AvgIpc) is 3.40. The van der Waals surface area contributed by atoms with Crippen LogP contribution in [0.1, 0.15) is 69.5 Å². The molecule has 0 spiro atoms. The number of pyridine rings is 2. The van der Waals surface area contributed by atoms with Crippen molar-refractivity contribution in [2.45, 2.75) is 78.3 Å². The van der Waals surface area contributed by atoms with E-state index in [0.29, 0.717) is 22.3 Å². The lowest BCUT2D eigenvalue weighted by Crippen LogP contribution is -2.52. The van der Waals surface area contributed by atoms with Crippen LogP contribution in [0, 0.1) is 49.7 Å². The Balaban J connectivity index is 1.24. The molecule has 0 saturated heterocycles. The standard InChI is InChI=1S/C54H48Cl2N8O10/c1-31-37(27-73-49-45(55)19-39(23-61-53(3,29-65)51(67)68)47(63-49)71-25-35-13-33(21-57)15-41(17-35)59-5)9-7-11-43(31)44-12-8-10-38(32(44)2)28-74-50-46(56)20-40(24-62-54(4,30-66)52(69)70)48(64-50)72-26-36-14-34(22-58)16-42(18-36)60-6/h7-20,61-62,65-66H,23-30H2,1-4H3,(H,67,68)(H,69,70)/t53-,54-/m1/s1. The van der Waals surface area contributed by atoms with E-state index in [1.54, 1.807) is 24.3 Å². The van der Waals surface area contributed by atoms with Crippen LogP contribution in [0.3, 0.4) is 0 Å². The number of ether oxygens (including phenoxy) is 4. The number of nitrogens with zero attached hydrogens (tertiary/aromatic N) is 6. The number of hydrogen-bond donors (Lipinski definition) is 6. The lowest BCUT2D eigenvalue weighted by atomic mass is 9.92. The number of nitrogens with one attached hydrogen (secondary N) is 2. The number of nitriles is 2. The first-order chi connectivity index (χ1) is 35.4. The summed E-state index contributed by atoms with van der Waals surface area (Å²) >= 11 is 13.5. The van der Waals surface area contributed by atoms with Gasteiger partial charge in [-0.2, -0.15) is 20.5 Å². The topological polar surface area (TPSA) is 258 Å². The van der Waals surface area contributed by atoms with Gasteiger partial charge in [-0.15, -0.1) is 0 Å². The van der Waals surface area contributed by atoms with Crippen LogP contribution in [0.4, 0.5) is 11.4 Å². The molecule has 0 bridgehead atoms. The summed E-state index contributed by atoms with van der Waals surface area (Å²) in [7, 11) is 0. The number of aromatic nitrogens is 2. The molecule has 2 heterocycles. The predicted octanol–water partition coefficient (Wildman–Crippen LogP) is 9.08. The number of aliphatic hydroxyl groups excluding tert-OH is 2. The van der Waals surface area contributed by atoms with Crippen LogP contribution in [0.5, 0.6) is 23.5 Å². The summed E-state index contributed by atoms with van der Waals surface area (Å²) in [6, 6.07) is 27.8. The molecule has 0 saturated carbocycles. The molecule has 6 rings (SSSR count). The van der Waals surface area contributed by atoms with Gasteiger partial charge in [-0.1, -0.05) is 59.6 Å². The van der Waals surface area contributed by atoms with Crippen LogP contribution in [0.25, 0.3) is 20.8 Å². The Hall–Kier alpha value is -8.30. The number of carboxylic acid groups (broad SMARTS) is 2. The number of rotatable bonds is 23. The maximum Gasteiger partial charge on any atom is 0.326 e. The third-order valence-corrected chi connectivity index (χ3v) is 12.6. The van der Waals surface area contributed by atoms with E-state index in [1.165, 1.54) is 38.1 Å². The minimum absolute atomic E-state index is 0.0118. The second-order valence-electron chi connectivity index (χ2n) is 17.3. The first-order valence-electron chi connectivity index (χ1n) is 22.5. The molecule has 0 fully saturated rings. The molecule has 2 aromatic heterocycles. The monoisotopic (exact) mass is 1040 g/mol. The maximum atomic E-state index is 11.9. The summed E-state index contributed by atoms with van der Waals surface area (Å²) in [5, 5.41) is 64.0. The van der Waals surface area contributed by atoms with E-state index < -0.39 is 36.2 Å². The van der Waals surface area contributed by atoms with E-state index in [0.717, 1.165) is 33.4 Å². The van der Waals surface area contributed by atoms with E-state index in [4.69, 9.17) is 55.3 Å². The Labute approximate surface area is 436 Å². The molecule has 0 aliphatic carbocycles. The fourth-order valence-electron chi connectivity index (χ4n) is 7.30. The van der Waals surface area contributed by atoms with Crippen LogP contribution in [-0.2, 0) is 49.1 Å². The van der Waals surface area contributed by atoms with Crippen LogP contribution in [-0.4, -0.2) is 66.6 Å². The molecule has 2 atom stereocenters. The molecule has 0 amide bonds. The van der Waals surface area contributed by atoms with Gasteiger partial charge in [0.1, 0.15) is 47.6 Å². The molecular weight excluding hydrogens is 992 g/mol. The second kappa shape index (κ2) is 24.4. The molecular formula is C54H48Cl2N8O10. The van der Waals surface area contributed by atoms with E-state index >= 15 is 0 Å². The predicted molar refractivity (Wildman–Crippen MR) is 272 cm³/mol. The number of benzene rings is 4. The third kappa shape index (κ3) is 13.2. The SMILES string of the molecule is [C-]#[N+]c1cc(C#N)cc(COc2nc(OCc3cccc(-c4cccc(COc5nc(OCc6cc(C#N)cc([N+]#[C-])c6)c(CN[C@](C)(CO)C(=O)O)cc5Cl)c4C)c3C)c(Cl)cc2CN[C@](C)(CO)C(=O)O)c1. The highest BCUT2D eigenvalue weighted by Gasteiger charge is 2.33. The van der Waals surface area contributed by atoms with Crippen molar-refractivity contribution in [2.24, 2.45) is 0 Å². The van der Waals surface area contributed by atoms with Gasteiger partial charge in [0.2, 0.25) is 23.5 Å². The van der Waals surface area contributed by atoms with E-state index in [1.807, 2.05) is 62.4 Å². The Morgan fingerprint density at radius 3 is 1.32 bits per heavy atom. The van der Waals surface area contributed by atoms with Crippen LogP contribution in [0.2, 0.25) is 10.0 Å². The molecule has 6 N–H and O–H groups in total. The molecule has 6 aromatic rings. The number of carbonyl (C=O) groups is 2. The Kier molecular flexibility index (Phi) is 18.2. The molecule has 0 unspecified atom stereocenters. The van der Waals surface area contributed by atoms with Gasteiger partial charge in [-0.25, -0.2) is 9.69 Å². The number of aliphatic hydroxyl groups is 2. The second-order valence-corrected chi connectivity index (χ2v) is 18.1.